The van der Waals surface area contributed by atoms with Gasteiger partial charge >= 0.3 is 0 Å². The van der Waals surface area contributed by atoms with Crippen molar-refractivity contribution in [1.82, 2.24) is 0 Å². The Bertz CT molecular complexity index is 154. The summed E-state index contributed by atoms with van der Waals surface area (Å²) < 4.78 is 0. The quantitative estimate of drug-likeness (QED) is 0.570. The Kier molecular flexibility index (Phi) is 6.27. The zero-order chi connectivity index (χ0) is 9.45. The van der Waals surface area contributed by atoms with Crippen LogP contribution in [0.3, 0.4) is 0 Å². The van der Waals surface area contributed by atoms with Crippen molar-refractivity contribution in [1.29, 1.82) is 0 Å². The molecule has 12 heavy (non-hydrogen) atoms. The highest BCUT2D eigenvalue weighted by Crippen LogP contribution is 2.41. The fourth-order valence-electron chi connectivity index (χ4n) is 1.07. The summed E-state index contributed by atoms with van der Waals surface area (Å²) >= 11 is 0. The first-order valence-corrected chi connectivity index (χ1v) is 7.35. The third-order valence-corrected chi connectivity index (χ3v) is 4.01. The first kappa shape index (κ1) is 11.8. The summed E-state index contributed by atoms with van der Waals surface area (Å²) in [5.41, 5.74) is 0. The first-order valence-electron chi connectivity index (χ1n) is 4.66. The van der Waals surface area contributed by atoms with E-state index >= 15 is 0 Å². The van der Waals surface area contributed by atoms with Crippen molar-refractivity contribution in [3.63, 3.8) is 0 Å². The summed E-state index contributed by atoms with van der Waals surface area (Å²) in [6.45, 7) is 4.42. The highest BCUT2D eigenvalue weighted by atomic mass is 32.3. The minimum absolute atomic E-state index is 0.444. The van der Waals surface area contributed by atoms with E-state index in [-0.39, 0.29) is 0 Å². The monoisotopic (exact) mass is 186 g/mol. The molecule has 0 nitrogen and oxygen atoms in total. The lowest BCUT2D eigenvalue weighted by Crippen LogP contribution is -1.95. The SMILES string of the molecule is CC/C=C\C=C/S(C)(C)CCC. The molecule has 0 spiro atoms. The Labute approximate surface area is 79.1 Å². The first-order chi connectivity index (χ1) is 5.62. The molecular formula is C11H22S. The molecule has 0 radical (unpaired) electrons. The average molecular weight is 186 g/mol. The lowest BCUT2D eigenvalue weighted by Gasteiger charge is -2.25. The Morgan fingerprint density at radius 3 is 2.25 bits per heavy atom. The van der Waals surface area contributed by atoms with Gasteiger partial charge in [-0.3, -0.25) is 0 Å². The molecular weight excluding hydrogens is 164 g/mol. The van der Waals surface area contributed by atoms with Crippen LogP contribution in [0.25, 0.3) is 0 Å². The van der Waals surface area contributed by atoms with Gasteiger partial charge in [-0.15, -0.1) is 0 Å². The maximum absolute atomic E-state index is 2.38. The second-order valence-corrected chi connectivity index (χ2v) is 7.42. The van der Waals surface area contributed by atoms with E-state index in [4.69, 9.17) is 0 Å². The van der Waals surface area contributed by atoms with Gasteiger partial charge in [0.05, 0.1) is 0 Å². The van der Waals surface area contributed by atoms with Crippen LogP contribution >= 0.6 is 10.0 Å². The summed E-state index contributed by atoms with van der Waals surface area (Å²) in [6, 6.07) is 0. The molecule has 0 unspecified atom stereocenters. The molecule has 0 fully saturated rings. The highest BCUT2D eigenvalue weighted by molar-refractivity contribution is 8.35. The summed E-state index contributed by atoms with van der Waals surface area (Å²) in [6.07, 6.45) is 13.7. The molecule has 0 rings (SSSR count). The molecule has 0 heterocycles. The van der Waals surface area contributed by atoms with E-state index in [0.717, 1.165) is 6.42 Å². The molecule has 0 N–H and O–H groups in total. The maximum atomic E-state index is 2.38. The molecule has 0 atom stereocenters. The zero-order valence-electron chi connectivity index (χ0n) is 8.84. The van der Waals surface area contributed by atoms with Gasteiger partial charge in [-0.05, 0) is 36.5 Å². The van der Waals surface area contributed by atoms with E-state index < -0.39 is 10.0 Å². The van der Waals surface area contributed by atoms with Crippen molar-refractivity contribution < 1.29 is 0 Å². The van der Waals surface area contributed by atoms with Crippen LogP contribution in [0.5, 0.6) is 0 Å². The van der Waals surface area contributed by atoms with Crippen molar-refractivity contribution >= 4 is 10.0 Å². The number of hydrogen-bond donors (Lipinski definition) is 0. The topological polar surface area (TPSA) is 0 Å². The lowest BCUT2D eigenvalue weighted by atomic mass is 10.4. The van der Waals surface area contributed by atoms with Gasteiger partial charge in [0.25, 0.3) is 0 Å². The third-order valence-electron chi connectivity index (χ3n) is 1.66. The van der Waals surface area contributed by atoms with E-state index in [0.29, 0.717) is 0 Å². The van der Waals surface area contributed by atoms with Gasteiger partial charge in [0, 0.05) is 0 Å². The van der Waals surface area contributed by atoms with Crippen LogP contribution in [0.2, 0.25) is 0 Å². The molecule has 0 amide bonds. The Morgan fingerprint density at radius 1 is 1.08 bits per heavy atom. The summed E-state index contributed by atoms with van der Waals surface area (Å²) in [5.74, 6) is 1.35. The van der Waals surface area contributed by atoms with Crippen LogP contribution in [0.15, 0.2) is 23.6 Å². The minimum Gasteiger partial charge on any atom is -0.227 e. The Balaban J connectivity index is 3.86. The molecule has 1 heteroatoms. The summed E-state index contributed by atoms with van der Waals surface area (Å²) in [4.78, 5) is 0. The number of hydrogen-bond acceptors (Lipinski definition) is 0. The van der Waals surface area contributed by atoms with E-state index in [1.54, 1.807) is 0 Å². The third kappa shape index (κ3) is 6.53. The van der Waals surface area contributed by atoms with Crippen molar-refractivity contribution in [2.75, 3.05) is 18.3 Å². The summed E-state index contributed by atoms with van der Waals surface area (Å²) in [5, 5.41) is 2.38. The van der Waals surface area contributed by atoms with Gasteiger partial charge in [0.1, 0.15) is 0 Å². The van der Waals surface area contributed by atoms with Gasteiger partial charge in [-0.1, -0.05) is 32.1 Å². The lowest BCUT2D eigenvalue weighted by molar-refractivity contribution is 1.10. The van der Waals surface area contributed by atoms with Crippen molar-refractivity contribution in [2.24, 2.45) is 0 Å². The van der Waals surface area contributed by atoms with E-state index in [2.05, 4.69) is 50.0 Å². The standard InChI is InChI=1S/C11H22S/c1-5-7-8-9-11-12(3,4)10-6-2/h7-9,11H,5-6,10H2,1-4H3/b8-7-,11-9-. The second kappa shape index (κ2) is 6.36. The molecule has 0 aromatic carbocycles. The molecule has 0 bridgehead atoms. The van der Waals surface area contributed by atoms with Crippen LogP contribution in [-0.4, -0.2) is 18.3 Å². The zero-order valence-corrected chi connectivity index (χ0v) is 9.66. The van der Waals surface area contributed by atoms with Crippen molar-refractivity contribution in [3.05, 3.63) is 23.6 Å². The fourth-order valence-corrected chi connectivity index (χ4v) is 2.77. The molecule has 72 valence electrons. The predicted octanol–water partition coefficient (Wildman–Crippen LogP) is 3.94. The van der Waals surface area contributed by atoms with Crippen LogP contribution in [-0.2, 0) is 0 Å². The molecule has 0 aliphatic carbocycles. The number of allylic oxidation sites excluding steroid dienone is 3. The second-order valence-electron chi connectivity index (χ2n) is 3.49. The Hall–Kier alpha value is -0.170. The van der Waals surface area contributed by atoms with Crippen LogP contribution in [0, 0.1) is 0 Å². The highest BCUT2D eigenvalue weighted by Gasteiger charge is 2.03. The maximum Gasteiger partial charge on any atom is -0.0201 e. The molecule has 0 aliphatic heterocycles. The van der Waals surface area contributed by atoms with Crippen LogP contribution in [0.1, 0.15) is 26.7 Å². The van der Waals surface area contributed by atoms with Gasteiger partial charge in [-0.2, -0.15) is 0 Å². The molecule has 0 saturated carbocycles. The molecule has 0 aromatic heterocycles. The smallest absolute Gasteiger partial charge is 0.0201 e. The van der Waals surface area contributed by atoms with Crippen molar-refractivity contribution in [3.8, 4) is 0 Å². The van der Waals surface area contributed by atoms with Crippen LogP contribution < -0.4 is 0 Å². The average Bonchev–Trinajstić information content (AvgIpc) is 1.98. The normalized spacial score (nSPS) is 14.7. The number of rotatable bonds is 5. The van der Waals surface area contributed by atoms with Crippen molar-refractivity contribution in [2.45, 2.75) is 26.7 Å². The van der Waals surface area contributed by atoms with E-state index in [1.165, 1.54) is 12.2 Å². The largest absolute Gasteiger partial charge is 0.227 e. The summed E-state index contributed by atoms with van der Waals surface area (Å²) in [7, 11) is -0.444. The fraction of sp³-hybridized carbons (Fsp3) is 0.636. The van der Waals surface area contributed by atoms with Gasteiger partial charge < -0.3 is 0 Å². The van der Waals surface area contributed by atoms with Gasteiger partial charge in [-0.25, -0.2) is 10.0 Å². The van der Waals surface area contributed by atoms with Gasteiger partial charge in [0.2, 0.25) is 0 Å². The van der Waals surface area contributed by atoms with Gasteiger partial charge in [0.15, 0.2) is 0 Å². The predicted molar refractivity (Wildman–Crippen MR) is 63.2 cm³/mol. The van der Waals surface area contributed by atoms with E-state index in [1.807, 2.05) is 0 Å². The van der Waals surface area contributed by atoms with E-state index in [9.17, 15) is 0 Å². The minimum atomic E-state index is -0.444. The Morgan fingerprint density at radius 2 is 1.75 bits per heavy atom. The molecule has 0 aromatic rings. The molecule has 0 aliphatic rings. The van der Waals surface area contributed by atoms with Crippen LogP contribution in [0.4, 0.5) is 0 Å². The molecule has 0 saturated heterocycles.